The minimum atomic E-state index is -0.299. The predicted molar refractivity (Wildman–Crippen MR) is 64.8 cm³/mol. The number of nitrogens with two attached hydrogens (primary N) is 1. The molecule has 0 aromatic carbocycles. The van der Waals surface area contributed by atoms with Crippen molar-refractivity contribution in [3.8, 4) is 0 Å². The maximum absolute atomic E-state index is 11.2. The van der Waals surface area contributed by atoms with Crippen LogP contribution in [0.3, 0.4) is 0 Å². The molecular formula is C14H21NO2. The SMILES string of the molecule is NC=CC(=O)OCC1CC2C3CCC(C3)C2C1. The van der Waals surface area contributed by atoms with Crippen molar-refractivity contribution in [1.29, 1.82) is 0 Å². The minimum absolute atomic E-state index is 0.299. The van der Waals surface area contributed by atoms with Gasteiger partial charge in [-0.2, -0.15) is 0 Å². The number of carbonyl (C=O) groups excluding carboxylic acids is 1. The Labute approximate surface area is 102 Å². The number of rotatable bonds is 3. The molecule has 0 amide bonds. The second-order valence-electron chi connectivity index (χ2n) is 5.99. The van der Waals surface area contributed by atoms with E-state index in [1.54, 1.807) is 0 Å². The van der Waals surface area contributed by atoms with Gasteiger partial charge in [0.15, 0.2) is 0 Å². The van der Waals surface area contributed by atoms with Gasteiger partial charge in [0.2, 0.25) is 0 Å². The molecule has 0 heterocycles. The van der Waals surface area contributed by atoms with Gasteiger partial charge in [0.1, 0.15) is 0 Å². The van der Waals surface area contributed by atoms with Gasteiger partial charge in [-0.05, 0) is 61.7 Å². The smallest absolute Gasteiger partial charge is 0.332 e. The molecule has 0 aliphatic heterocycles. The Kier molecular flexibility index (Phi) is 2.85. The molecule has 2 N–H and O–H groups in total. The predicted octanol–water partition coefficient (Wildman–Crippen LogP) is 2.07. The fourth-order valence-corrected chi connectivity index (χ4v) is 4.59. The van der Waals surface area contributed by atoms with E-state index in [4.69, 9.17) is 10.5 Å². The molecule has 3 heteroatoms. The lowest BCUT2D eigenvalue weighted by molar-refractivity contribution is -0.139. The van der Waals surface area contributed by atoms with Gasteiger partial charge in [-0.15, -0.1) is 0 Å². The van der Waals surface area contributed by atoms with Crippen LogP contribution in [-0.2, 0) is 9.53 Å². The number of fused-ring (bicyclic) bond motifs is 5. The van der Waals surface area contributed by atoms with Crippen LogP contribution in [-0.4, -0.2) is 12.6 Å². The second-order valence-corrected chi connectivity index (χ2v) is 5.99. The number of carbonyl (C=O) groups is 1. The Morgan fingerprint density at radius 1 is 1.18 bits per heavy atom. The highest BCUT2D eigenvalue weighted by molar-refractivity contribution is 5.81. The van der Waals surface area contributed by atoms with Gasteiger partial charge in [0.25, 0.3) is 0 Å². The second kappa shape index (κ2) is 4.35. The third-order valence-electron chi connectivity index (χ3n) is 5.18. The average molecular weight is 235 g/mol. The van der Waals surface area contributed by atoms with Crippen molar-refractivity contribution in [3.05, 3.63) is 12.3 Å². The highest BCUT2D eigenvalue weighted by Gasteiger charge is 2.51. The lowest BCUT2D eigenvalue weighted by Gasteiger charge is -2.23. The molecule has 0 aromatic rings. The van der Waals surface area contributed by atoms with Crippen molar-refractivity contribution in [2.75, 3.05) is 6.61 Å². The van der Waals surface area contributed by atoms with Crippen LogP contribution in [0.4, 0.5) is 0 Å². The third kappa shape index (κ3) is 1.96. The Bertz CT molecular complexity index is 321. The van der Waals surface area contributed by atoms with Crippen LogP contribution in [0.15, 0.2) is 12.3 Å². The van der Waals surface area contributed by atoms with Crippen molar-refractivity contribution in [2.45, 2.75) is 32.1 Å². The normalized spacial score (nSPS) is 43.2. The van der Waals surface area contributed by atoms with Crippen LogP contribution in [0.1, 0.15) is 32.1 Å². The van der Waals surface area contributed by atoms with E-state index < -0.39 is 0 Å². The first-order valence-electron chi connectivity index (χ1n) is 6.83. The molecule has 3 aliphatic rings. The standard InChI is InChI=1S/C14H21NO2/c15-4-3-14(16)17-8-9-5-12-10-1-2-11(7-10)13(12)6-9/h3-4,9-13H,1-2,5-8,15H2. The van der Waals surface area contributed by atoms with Gasteiger partial charge in [-0.1, -0.05) is 0 Å². The molecule has 0 spiro atoms. The summed E-state index contributed by atoms with van der Waals surface area (Å²) in [5, 5.41) is 0. The monoisotopic (exact) mass is 235 g/mol. The first-order chi connectivity index (χ1) is 8.28. The number of ether oxygens (including phenoxy) is 1. The summed E-state index contributed by atoms with van der Waals surface area (Å²) in [5.41, 5.74) is 5.15. The molecule has 3 nitrogen and oxygen atoms in total. The average Bonchev–Trinajstić information content (AvgIpc) is 2.98. The van der Waals surface area contributed by atoms with E-state index in [9.17, 15) is 4.79 Å². The summed E-state index contributed by atoms with van der Waals surface area (Å²) in [6.45, 7) is 0.593. The molecule has 0 aromatic heterocycles. The molecule has 0 radical (unpaired) electrons. The Hall–Kier alpha value is -0.990. The lowest BCUT2D eigenvalue weighted by Crippen LogP contribution is -2.15. The highest BCUT2D eigenvalue weighted by atomic mass is 16.5. The first-order valence-corrected chi connectivity index (χ1v) is 6.83. The maximum atomic E-state index is 11.2. The Morgan fingerprint density at radius 3 is 2.41 bits per heavy atom. The lowest BCUT2D eigenvalue weighted by atomic mass is 9.82. The molecular weight excluding hydrogens is 214 g/mol. The fourth-order valence-electron chi connectivity index (χ4n) is 4.59. The third-order valence-corrected chi connectivity index (χ3v) is 5.18. The molecule has 94 valence electrons. The van der Waals surface area contributed by atoms with Crippen LogP contribution in [0, 0.1) is 29.6 Å². The van der Waals surface area contributed by atoms with Gasteiger partial charge in [0.05, 0.1) is 6.61 Å². The summed E-state index contributed by atoms with van der Waals surface area (Å²) >= 11 is 0. The van der Waals surface area contributed by atoms with Gasteiger partial charge in [-0.25, -0.2) is 4.79 Å². The molecule has 3 fully saturated rings. The van der Waals surface area contributed by atoms with Gasteiger partial charge < -0.3 is 10.5 Å². The molecule has 3 saturated carbocycles. The molecule has 17 heavy (non-hydrogen) atoms. The number of hydrogen-bond donors (Lipinski definition) is 1. The highest BCUT2D eigenvalue weighted by Crippen LogP contribution is 2.59. The van der Waals surface area contributed by atoms with E-state index in [0.29, 0.717) is 12.5 Å². The zero-order chi connectivity index (χ0) is 11.8. The molecule has 4 unspecified atom stereocenters. The summed E-state index contributed by atoms with van der Waals surface area (Å²) in [6.07, 6.45) is 9.49. The molecule has 0 saturated heterocycles. The minimum Gasteiger partial charge on any atom is -0.462 e. The number of esters is 1. The van der Waals surface area contributed by atoms with Crippen molar-refractivity contribution in [1.82, 2.24) is 0 Å². The van der Waals surface area contributed by atoms with E-state index in [-0.39, 0.29) is 5.97 Å². The van der Waals surface area contributed by atoms with E-state index in [2.05, 4.69) is 0 Å². The van der Waals surface area contributed by atoms with E-state index in [0.717, 1.165) is 23.7 Å². The van der Waals surface area contributed by atoms with Gasteiger partial charge in [0, 0.05) is 12.3 Å². The Balaban J connectivity index is 1.50. The Morgan fingerprint density at radius 2 is 1.82 bits per heavy atom. The summed E-state index contributed by atoms with van der Waals surface area (Å²) in [4.78, 5) is 11.2. The van der Waals surface area contributed by atoms with Crippen LogP contribution >= 0.6 is 0 Å². The van der Waals surface area contributed by atoms with Crippen LogP contribution in [0.2, 0.25) is 0 Å². The van der Waals surface area contributed by atoms with Crippen molar-refractivity contribution in [2.24, 2.45) is 35.3 Å². The zero-order valence-electron chi connectivity index (χ0n) is 10.2. The molecule has 3 rings (SSSR count). The molecule has 3 aliphatic carbocycles. The topological polar surface area (TPSA) is 52.3 Å². The van der Waals surface area contributed by atoms with Gasteiger partial charge in [-0.3, -0.25) is 0 Å². The maximum Gasteiger partial charge on any atom is 0.332 e. The summed E-state index contributed by atoms with van der Waals surface area (Å²) in [6, 6.07) is 0. The van der Waals surface area contributed by atoms with E-state index in [1.165, 1.54) is 44.4 Å². The summed E-state index contributed by atoms with van der Waals surface area (Å²) in [7, 11) is 0. The van der Waals surface area contributed by atoms with Crippen LogP contribution < -0.4 is 5.73 Å². The van der Waals surface area contributed by atoms with E-state index in [1.807, 2.05) is 0 Å². The fraction of sp³-hybridized carbons (Fsp3) is 0.786. The summed E-state index contributed by atoms with van der Waals surface area (Å²) < 4.78 is 5.22. The number of hydrogen-bond acceptors (Lipinski definition) is 3. The summed E-state index contributed by atoms with van der Waals surface area (Å²) in [5.74, 6) is 4.19. The van der Waals surface area contributed by atoms with Crippen molar-refractivity contribution < 1.29 is 9.53 Å². The molecule has 2 bridgehead atoms. The quantitative estimate of drug-likeness (QED) is 0.602. The van der Waals surface area contributed by atoms with Crippen LogP contribution in [0.5, 0.6) is 0 Å². The van der Waals surface area contributed by atoms with E-state index >= 15 is 0 Å². The first kappa shape index (κ1) is 11.1. The zero-order valence-corrected chi connectivity index (χ0v) is 10.2. The molecule has 4 atom stereocenters. The van der Waals surface area contributed by atoms with Crippen LogP contribution in [0.25, 0.3) is 0 Å². The van der Waals surface area contributed by atoms with Crippen molar-refractivity contribution in [3.63, 3.8) is 0 Å². The van der Waals surface area contributed by atoms with Crippen molar-refractivity contribution >= 4 is 5.97 Å². The van der Waals surface area contributed by atoms with Gasteiger partial charge >= 0.3 is 5.97 Å². The largest absolute Gasteiger partial charge is 0.462 e.